The van der Waals surface area contributed by atoms with E-state index >= 15 is 0 Å². The number of benzene rings is 3. The van der Waals surface area contributed by atoms with Gasteiger partial charge in [0.05, 0.1) is 11.9 Å². The predicted octanol–water partition coefficient (Wildman–Crippen LogP) is 5.68. The second kappa shape index (κ2) is 9.45. The fourth-order valence-corrected chi connectivity index (χ4v) is 6.47. The lowest BCUT2D eigenvalue weighted by molar-refractivity contribution is -0.137. The highest BCUT2D eigenvalue weighted by atomic mass is 19.1. The van der Waals surface area contributed by atoms with Gasteiger partial charge in [-0.2, -0.15) is 0 Å². The molecule has 2 aliphatic rings. The second-order valence-electron chi connectivity index (χ2n) is 11.5. The maximum Gasteiger partial charge on any atom is 0.304 e. The van der Waals surface area contributed by atoms with Crippen molar-refractivity contribution >= 4 is 17.0 Å². The third-order valence-corrected chi connectivity index (χ3v) is 8.27. The van der Waals surface area contributed by atoms with E-state index in [1.165, 1.54) is 23.3 Å². The molecule has 1 aliphatic heterocycles. The van der Waals surface area contributed by atoms with Gasteiger partial charge >= 0.3 is 5.97 Å². The highest BCUT2D eigenvalue weighted by molar-refractivity contribution is 5.80. The van der Waals surface area contributed by atoms with E-state index in [-0.39, 0.29) is 24.2 Å². The van der Waals surface area contributed by atoms with Crippen molar-refractivity contribution in [2.75, 3.05) is 6.54 Å². The summed E-state index contributed by atoms with van der Waals surface area (Å²) in [6.07, 6.45) is 1.92. The summed E-state index contributed by atoms with van der Waals surface area (Å²) >= 11 is 0. The van der Waals surface area contributed by atoms with Gasteiger partial charge in [0, 0.05) is 43.7 Å². The monoisotopic (exact) mass is 528 g/mol. The normalized spacial score (nSPS) is 19.3. The maximum absolute atomic E-state index is 14.0. The first-order chi connectivity index (χ1) is 18.6. The fraction of sp³-hybridized carbons (Fsp3) is 0.387. The van der Waals surface area contributed by atoms with E-state index in [9.17, 15) is 14.3 Å². The number of nitrogens with zero attached hydrogens (tertiary/aromatic N) is 4. The molecule has 1 aromatic heterocycles. The maximum atomic E-state index is 14.0. The van der Waals surface area contributed by atoms with E-state index in [4.69, 9.17) is 4.74 Å². The van der Waals surface area contributed by atoms with Crippen molar-refractivity contribution < 1.29 is 19.0 Å². The molecule has 2 atom stereocenters. The Morgan fingerprint density at radius 1 is 1.18 bits per heavy atom. The third-order valence-electron chi connectivity index (χ3n) is 8.27. The highest BCUT2D eigenvalue weighted by Gasteiger charge is 2.36. The van der Waals surface area contributed by atoms with E-state index in [0.717, 1.165) is 46.1 Å². The predicted molar refractivity (Wildman–Crippen MR) is 146 cm³/mol. The molecule has 2 heterocycles. The lowest BCUT2D eigenvalue weighted by Gasteiger charge is -2.34. The number of hydrogen-bond donors (Lipinski definition) is 1. The van der Waals surface area contributed by atoms with Crippen LogP contribution in [0.3, 0.4) is 0 Å². The topological polar surface area (TPSA) is 80.5 Å². The minimum Gasteiger partial charge on any atom is -0.486 e. The van der Waals surface area contributed by atoms with Crippen LogP contribution in [0.5, 0.6) is 5.75 Å². The molecule has 202 valence electrons. The van der Waals surface area contributed by atoms with Crippen LogP contribution in [0.1, 0.15) is 72.0 Å². The van der Waals surface area contributed by atoms with Gasteiger partial charge in [-0.25, -0.2) is 9.07 Å². The van der Waals surface area contributed by atoms with Gasteiger partial charge in [-0.3, -0.25) is 9.69 Å². The minimum absolute atomic E-state index is 0.0143. The van der Waals surface area contributed by atoms with Crippen molar-refractivity contribution in [3.63, 3.8) is 0 Å². The first-order valence-electron chi connectivity index (χ1n) is 13.4. The molecule has 6 rings (SSSR count). The Hall–Kier alpha value is -3.78. The number of fused-ring (bicyclic) bond motifs is 3. The first kappa shape index (κ1) is 25.5. The van der Waals surface area contributed by atoms with Crippen LogP contribution >= 0.6 is 0 Å². The number of aryl methyl sites for hydroxylation is 3. The molecule has 0 radical (unpaired) electrons. The average Bonchev–Trinajstić information content (AvgIpc) is 3.43. The number of carboxylic acids is 1. The van der Waals surface area contributed by atoms with Crippen LogP contribution in [-0.4, -0.2) is 43.1 Å². The van der Waals surface area contributed by atoms with Gasteiger partial charge in [0.25, 0.3) is 0 Å². The molecule has 0 saturated carbocycles. The van der Waals surface area contributed by atoms with Gasteiger partial charge in [0.15, 0.2) is 0 Å². The molecular formula is C31H33FN4O3. The van der Waals surface area contributed by atoms with Crippen molar-refractivity contribution in [1.29, 1.82) is 0 Å². The molecule has 7 nitrogen and oxygen atoms in total. The molecule has 1 aliphatic carbocycles. The zero-order chi connectivity index (χ0) is 27.5. The van der Waals surface area contributed by atoms with Gasteiger partial charge in [0.1, 0.15) is 22.7 Å². The standard InChI is InChI=1S/C31H33FN4O3/c1-18-23(10-12-27-30(18)33-34-35(27)4)24(15-29(37)38)20-6-5-19-8-11-26(25(19)13-20)36-16-21-7-9-22(32)14-28(21)39-31(2,3)17-36/h5-7,9-10,12-14,24,26H,8,11,15-17H2,1-4H3,(H,37,38). The van der Waals surface area contributed by atoms with Crippen molar-refractivity contribution in [3.05, 3.63) is 87.7 Å². The molecular weight excluding hydrogens is 495 g/mol. The SMILES string of the molecule is Cc1c(C(CC(=O)O)c2ccc3c(c2)C(N2Cc4ccc(F)cc4OC(C)(C)C2)CC3)ccc2c1nnn2C. The van der Waals surface area contributed by atoms with Gasteiger partial charge in [0.2, 0.25) is 0 Å². The Morgan fingerprint density at radius 2 is 1.97 bits per heavy atom. The molecule has 0 spiro atoms. The van der Waals surface area contributed by atoms with Crippen molar-refractivity contribution in [2.45, 2.75) is 64.1 Å². The van der Waals surface area contributed by atoms with Gasteiger partial charge in [-0.05, 0) is 73.6 Å². The Labute approximate surface area is 227 Å². The number of aromatic nitrogens is 3. The molecule has 0 fully saturated rings. The Bertz CT molecular complexity index is 1590. The van der Waals surface area contributed by atoms with Crippen LogP contribution in [0.2, 0.25) is 0 Å². The highest BCUT2D eigenvalue weighted by Crippen LogP contribution is 2.43. The number of rotatable bonds is 5. The summed E-state index contributed by atoms with van der Waals surface area (Å²) in [4.78, 5) is 14.5. The van der Waals surface area contributed by atoms with Crippen LogP contribution in [0.15, 0.2) is 48.5 Å². The summed E-state index contributed by atoms with van der Waals surface area (Å²) in [6.45, 7) is 7.44. The van der Waals surface area contributed by atoms with Crippen molar-refractivity contribution in [2.24, 2.45) is 7.05 Å². The molecule has 4 aromatic rings. The Kier molecular flexibility index (Phi) is 6.18. The number of aliphatic carboxylic acids is 1. The van der Waals surface area contributed by atoms with Gasteiger partial charge in [-0.15, -0.1) is 5.10 Å². The minimum atomic E-state index is -0.842. The molecule has 0 saturated heterocycles. The molecule has 0 amide bonds. The van der Waals surface area contributed by atoms with Crippen LogP contribution in [0, 0.1) is 12.7 Å². The van der Waals surface area contributed by atoms with Crippen LogP contribution in [0.4, 0.5) is 4.39 Å². The van der Waals surface area contributed by atoms with Crippen LogP contribution in [0.25, 0.3) is 11.0 Å². The second-order valence-corrected chi connectivity index (χ2v) is 11.5. The van der Waals surface area contributed by atoms with E-state index < -0.39 is 11.6 Å². The molecule has 39 heavy (non-hydrogen) atoms. The average molecular weight is 529 g/mol. The summed E-state index contributed by atoms with van der Waals surface area (Å²) in [5.41, 5.74) is 7.64. The van der Waals surface area contributed by atoms with E-state index in [0.29, 0.717) is 18.8 Å². The number of ether oxygens (including phenoxy) is 1. The van der Waals surface area contributed by atoms with Crippen molar-refractivity contribution in [3.8, 4) is 5.75 Å². The summed E-state index contributed by atoms with van der Waals surface area (Å²) in [5, 5.41) is 18.4. The van der Waals surface area contributed by atoms with Crippen LogP contribution in [-0.2, 0) is 24.8 Å². The van der Waals surface area contributed by atoms with E-state index in [1.54, 1.807) is 4.68 Å². The van der Waals surface area contributed by atoms with E-state index in [2.05, 4.69) is 33.4 Å². The largest absolute Gasteiger partial charge is 0.486 e. The zero-order valence-electron chi connectivity index (χ0n) is 22.7. The summed E-state index contributed by atoms with van der Waals surface area (Å²) in [5.74, 6) is -0.849. The summed E-state index contributed by atoms with van der Waals surface area (Å²) in [6, 6.07) is 15.4. The van der Waals surface area contributed by atoms with Gasteiger partial charge in [-0.1, -0.05) is 35.5 Å². The first-order valence-corrected chi connectivity index (χ1v) is 13.4. The lowest BCUT2D eigenvalue weighted by Crippen LogP contribution is -2.41. The Balaban J connectivity index is 1.39. The number of carboxylic acid groups (broad SMARTS) is 1. The molecule has 2 unspecified atom stereocenters. The van der Waals surface area contributed by atoms with E-state index in [1.807, 2.05) is 46.0 Å². The lowest BCUT2D eigenvalue weighted by atomic mass is 9.84. The molecule has 3 aromatic carbocycles. The molecule has 8 heteroatoms. The quantitative estimate of drug-likeness (QED) is 0.359. The number of hydrogen-bond acceptors (Lipinski definition) is 5. The summed E-state index contributed by atoms with van der Waals surface area (Å²) in [7, 11) is 1.86. The summed E-state index contributed by atoms with van der Waals surface area (Å²) < 4.78 is 22.0. The zero-order valence-corrected chi connectivity index (χ0v) is 22.7. The number of carbonyl (C=O) groups is 1. The molecule has 0 bridgehead atoms. The Morgan fingerprint density at radius 3 is 2.77 bits per heavy atom. The van der Waals surface area contributed by atoms with Crippen molar-refractivity contribution in [1.82, 2.24) is 19.9 Å². The smallest absolute Gasteiger partial charge is 0.304 e. The third kappa shape index (κ3) is 4.67. The van der Waals surface area contributed by atoms with Gasteiger partial charge < -0.3 is 9.84 Å². The molecule has 1 N–H and O–H groups in total. The fourth-order valence-electron chi connectivity index (χ4n) is 6.47. The van der Waals surface area contributed by atoms with Crippen LogP contribution < -0.4 is 4.74 Å². The number of halogens is 1.